The number of aromatic nitrogens is 1. The fourth-order valence-corrected chi connectivity index (χ4v) is 7.81. The van der Waals surface area contributed by atoms with Crippen molar-refractivity contribution in [3.63, 3.8) is 0 Å². The van der Waals surface area contributed by atoms with E-state index in [1.165, 1.54) is 12.1 Å². The minimum atomic E-state index is -1.11. The fourth-order valence-electron chi connectivity index (χ4n) is 7.81. The minimum absolute atomic E-state index is 0.0207. The molecular weight excluding hydrogens is 852 g/mol. The predicted molar refractivity (Wildman–Crippen MR) is 278 cm³/mol. The Morgan fingerprint density at radius 3 is 1.81 bits per heavy atom. The summed E-state index contributed by atoms with van der Waals surface area (Å²) in [6.45, 7) is 7.00. The summed E-state index contributed by atoms with van der Waals surface area (Å²) in [5, 5.41) is 28.0. The first-order chi connectivity index (χ1) is 33.0. The van der Waals surface area contributed by atoms with Crippen LogP contribution in [0.5, 0.6) is 0 Å². The average molecular weight is 925 g/mol. The molecule has 68 heavy (non-hydrogen) atoms. The number of aliphatic hydroxyl groups excluding tert-OH is 2. The zero-order valence-electron chi connectivity index (χ0n) is 40.5. The second-order valence-corrected chi connectivity index (χ2v) is 17.1. The van der Waals surface area contributed by atoms with Crippen LogP contribution >= 0.6 is 0 Å². The molecule has 4 rings (SSSR count). The Morgan fingerprint density at radius 1 is 0.706 bits per heavy atom. The molecule has 3 amide bonds. The number of aliphatic hydroxyl groups is 2. The van der Waals surface area contributed by atoms with Gasteiger partial charge in [0.05, 0.1) is 29.9 Å². The van der Waals surface area contributed by atoms with Crippen LogP contribution in [-0.4, -0.2) is 69.7 Å². The third-order valence-electron chi connectivity index (χ3n) is 11.3. The van der Waals surface area contributed by atoms with Gasteiger partial charge in [-0.2, -0.15) is 0 Å². The normalized spacial score (nSPS) is 13.0. The molecule has 2 unspecified atom stereocenters. The van der Waals surface area contributed by atoms with Gasteiger partial charge in [0, 0.05) is 50.0 Å². The SMILES string of the molecule is CCC=CCC=CCC=CCC=CCC=CCC=CCCC(=O)N(C)CCNC(=O)CC(O)CC(O)CCn1c(-c2ccc(F)cc2)c(-c2ccccc2)c(C(=O)Nc2ccccc2)c1C(C)C. The van der Waals surface area contributed by atoms with Crippen molar-refractivity contribution < 1.29 is 29.0 Å². The number of para-hydroxylation sites is 1. The van der Waals surface area contributed by atoms with Gasteiger partial charge in [-0.15, -0.1) is 0 Å². The number of rotatable bonds is 29. The first-order valence-electron chi connectivity index (χ1n) is 24.2. The Morgan fingerprint density at radius 2 is 1.25 bits per heavy atom. The summed E-state index contributed by atoms with van der Waals surface area (Å²) < 4.78 is 16.3. The molecule has 0 saturated heterocycles. The molecule has 4 aromatic rings. The monoisotopic (exact) mass is 925 g/mol. The number of amides is 3. The van der Waals surface area contributed by atoms with Gasteiger partial charge in [-0.1, -0.05) is 142 Å². The third-order valence-corrected chi connectivity index (χ3v) is 11.3. The third kappa shape index (κ3) is 19.1. The lowest BCUT2D eigenvalue weighted by Crippen LogP contribution is -2.37. The smallest absolute Gasteiger partial charge is 0.258 e. The van der Waals surface area contributed by atoms with Crippen molar-refractivity contribution in [3.8, 4) is 22.4 Å². The highest BCUT2D eigenvalue weighted by Crippen LogP contribution is 2.42. The number of carbonyl (C=O) groups excluding carboxylic acids is 3. The van der Waals surface area contributed by atoms with Crippen molar-refractivity contribution in [1.82, 2.24) is 14.8 Å². The van der Waals surface area contributed by atoms with Crippen LogP contribution in [0.4, 0.5) is 10.1 Å². The standard InChI is InChI=1S/C58H73FN4O5/c1-5-6-7-8-9-10-11-12-13-14-15-16-17-18-19-20-21-22-29-34-53(67)62(4)42-40-60-52(66)44-51(65)43-50(64)39-41-63-56(45(2)3)55(58(68)61-49-32-27-24-28-33-49)54(46-30-25-23-26-31-46)57(63)47-35-37-48(59)38-36-47/h6-7,9-10,12-13,15-16,18-19,21-28,30-33,35-38,45,50-51,64-65H,5,8,11,14,17,20,29,34,39-44H2,1-4H3,(H,60,66)(H,61,68). The van der Waals surface area contributed by atoms with Gasteiger partial charge in [-0.25, -0.2) is 4.39 Å². The number of likely N-dealkylation sites (N-methyl/N-ethyl adjacent to an activating group) is 1. The number of nitrogens with zero attached hydrogens (tertiary/aromatic N) is 2. The Bertz CT molecular complexity index is 2310. The van der Waals surface area contributed by atoms with Gasteiger partial charge in [-0.05, 0) is 111 Å². The van der Waals surface area contributed by atoms with E-state index in [4.69, 9.17) is 0 Å². The second kappa shape index (κ2) is 30.8. The number of hydrogen-bond acceptors (Lipinski definition) is 5. The van der Waals surface area contributed by atoms with Gasteiger partial charge >= 0.3 is 0 Å². The van der Waals surface area contributed by atoms with Gasteiger partial charge < -0.3 is 30.3 Å². The molecule has 1 aromatic heterocycles. The van der Waals surface area contributed by atoms with Gasteiger partial charge in [0.15, 0.2) is 0 Å². The van der Waals surface area contributed by atoms with Gasteiger partial charge in [-0.3, -0.25) is 14.4 Å². The number of allylic oxidation sites excluding steroid dienone is 12. The van der Waals surface area contributed by atoms with Crippen molar-refractivity contribution in [2.45, 2.75) is 116 Å². The predicted octanol–water partition coefficient (Wildman–Crippen LogP) is 12.3. The van der Waals surface area contributed by atoms with E-state index in [1.54, 1.807) is 24.1 Å². The van der Waals surface area contributed by atoms with Crippen LogP contribution in [0.1, 0.15) is 113 Å². The molecule has 0 radical (unpaired) electrons. The molecule has 0 aliphatic carbocycles. The molecule has 10 heteroatoms. The summed E-state index contributed by atoms with van der Waals surface area (Å²) in [4.78, 5) is 41.4. The molecule has 362 valence electrons. The average Bonchev–Trinajstić information content (AvgIpc) is 3.68. The summed E-state index contributed by atoms with van der Waals surface area (Å²) in [5.41, 5.74) is 4.79. The van der Waals surface area contributed by atoms with Crippen molar-refractivity contribution >= 4 is 23.4 Å². The summed E-state index contributed by atoms with van der Waals surface area (Å²) in [6, 6.07) is 25.0. The summed E-state index contributed by atoms with van der Waals surface area (Å²) >= 11 is 0. The first kappa shape index (κ1) is 54.2. The molecule has 3 aromatic carbocycles. The molecule has 1 heterocycles. The van der Waals surface area contributed by atoms with Crippen LogP contribution in [0.15, 0.2) is 158 Å². The lowest BCUT2D eigenvalue weighted by atomic mass is 9.94. The first-order valence-corrected chi connectivity index (χ1v) is 24.2. The number of anilines is 1. The maximum atomic E-state index is 14.3. The highest BCUT2D eigenvalue weighted by atomic mass is 19.1. The molecule has 9 nitrogen and oxygen atoms in total. The van der Waals surface area contributed by atoms with Crippen LogP contribution < -0.4 is 10.6 Å². The Kier molecular flexibility index (Phi) is 24.6. The van der Waals surface area contributed by atoms with Crippen LogP contribution in [0.2, 0.25) is 0 Å². The Balaban J connectivity index is 1.23. The van der Waals surface area contributed by atoms with E-state index in [9.17, 15) is 29.0 Å². The van der Waals surface area contributed by atoms with E-state index in [0.29, 0.717) is 47.5 Å². The summed E-state index contributed by atoms with van der Waals surface area (Å²) in [5.74, 6) is -1.21. The van der Waals surface area contributed by atoms with E-state index in [-0.39, 0.29) is 61.8 Å². The number of halogens is 1. The van der Waals surface area contributed by atoms with E-state index in [2.05, 4.69) is 84.4 Å². The lowest BCUT2D eigenvalue weighted by molar-refractivity contribution is -0.130. The fraction of sp³-hybridized carbons (Fsp3) is 0.362. The van der Waals surface area contributed by atoms with E-state index >= 15 is 0 Å². The maximum absolute atomic E-state index is 14.3. The van der Waals surface area contributed by atoms with Crippen molar-refractivity contribution in [2.75, 3.05) is 25.5 Å². The quantitative estimate of drug-likeness (QED) is 0.0404. The van der Waals surface area contributed by atoms with Crippen LogP contribution in [0.25, 0.3) is 22.4 Å². The second-order valence-electron chi connectivity index (χ2n) is 17.1. The van der Waals surface area contributed by atoms with Gasteiger partial charge in [0.25, 0.3) is 5.91 Å². The number of benzene rings is 3. The van der Waals surface area contributed by atoms with Gasteiger partial charge in [0.1, 0.15) is 5.82 Å². The molecular formula is C58H73FN4O5. The zero-order valence-corrected chi connectivity index (χ0v) is 40.5. The molecule has 4 N–H and O–H groups in total. The van der Waals surface area contributed by atoms with Crippen molar-refractivity contribution in [3.05, 3.63) is 175 Å². The number of hydrogen-bond donors (Lipinski definition) is 4. The highest BCUT2D eigenvalue weighted by Gasteiger charge is 2.31. The minimum Gasteiger partial charge on any atom is -0.393 e. The molecule has 2 atom stereocenters. The largest absolute Gasteiger partial charge is 0.393 e. The summed E-state index contributed by atoms with van der Waals surface area (Å²) in [6.07, 6.45) is 30.3. The molecule has 0 fully saturated rings. The molecule has 0 aliphatic rings. The van der Waals surface area contributed by atoms with E-state index in [0.717, 1.165) is 49.8 Å². The van der Waals surface area contributed by atoms with E-state index in [1.807, 2.05) is 85.2 Å². The molecule has 0 aliphatic heterocycles. The van der Waals surface area contributed by atoms with Crippen molar-refractivity contribution in [1.29, 1.82) is 0 Å². The lowest BCUT2D eigenvalue weighted by Gasteiger charge is -2.20. The van der Waals surface area contributed by atoms with Crippen LogP contribution in [0.3, 0.4) is 0 Å². The highest BCUT2D eigenvalue weighted by molar-refractivity contribution is 6.12. The summed E-state index contributed by atoms with van der Waals surface area (Å²) in [7, 11) is 1.71. The Hall–Kier alpha value is -6.36. The number of nitrogens with one attached hydrogen (secondary N) is 2. The van der Waals surface area contributed by atoms with Crippen LogP contribution in [-0.2, 0) is 16.1 Å². The van der Waals surface area contributed by atoms with Crippen molar-refractivity contribution in [2.24, 2.45) is 0 Å². The zero-order chi connectivity index (χ0) is 48.9. The van der Waals surface area contributed by atoms with Gasteiger partial charge in [0.2, 0.25) is 11.8 Å². The molecule has 0 bridgehead atoms. The molecule has 0 spiro atoms. The Labute approximate surface area is 404 Å². The van der Waals surface area contributed by atoms with E-state index < -0.39 is 12.2 Å². The number of carbonyl (C=O) groups is 3. The topological polar surface area (TPSA) is 124 Å². The molecule has 0 saturated carbocycles. The van der Waals surface area contributed by atoms with Crippen LogP contribution in [0, 0.1) is 5.82 Å². The maximum Gasteiger partial charge on any atom is 0.258 e.